The number of rotatable bonds is 1. The molecule has 0 saturated heterocycles. The van der Waals surface area contributed by atoms with E-state index in [-0.39, 0.29) is 0 Å². The summed E-state index contributed by atoms with van der Waals surface area (Å²) < 4.78 is 0. The number of thiocarbonyl (C=S) groups is 1. The molecule has 0 atom stereocenters. The SMILES string of the molecule is NNC(=S)NC1C2CC3CC(C2)CC1C3. The quantitative estimate of drug-likeness (QED) is 0.356. The minimum atomic E-state index is 0.598. The van der Waals surface area contributed by atoms with E-state index < -0.39 is 0 Å². The molecule has 0 spiro atoms. The Kier molecular flexibility index (Phi) is 2.36. The fourth-order valence-electron chi connectivity index (χ4n) is 4.35. The van der Waals surface area contributed by atoms with Crippen molar-refractivity contribution in [3.05, 3.63) is 0 Å². The van der Waals surface area contributed by atoms with Crippen molar-refractivity contribution in [1.82, 2.24) is 10.7 Å². The fraction of sp³-hybridized carbons (Fsp3) is 0.909. The summed E-state index contributed by atoms with van der Waals surface area (Å²) in [7, 11) is 0. The zero-order valence-electron chi connectivity index (χ0n) is 8.91. The Morgan fingerprint density at radius 2 is 1.53 bits per heavy atom. The zero-order chi connectivity index (χ0) is 10.4. The summed E-state index contributed by atoms with van der Waals surface area (Å²) in [4.78, 5) is 0. The van der Waals surface area contributed by atoms with Crippen molar-refractivity contribution in [1.29, 1.82) is 0 Å². The van der Waals surface area contributed by atoms with Gasteiger partial charge in [-0.1, -0.05) is 0 Å². The molecule has 3 nitrogen and oxygen atoms in total. The van der Waals surface area contributed by atoms with E-state index in [1.807, 2.05) is 0 Å². The van der Waals surface area contributed by atoms with E-state index in [1.165, 1.54) is 32.1 Å². The molecule has 4 heteroatoms. The lowest BCUT2D eigenvalue weighted by atomic mass is 9.54. The van der Waals surface area contributed by atoms with E-state index in [1.54, 1.807) is 0 Å². The first-order chi connectivity index (χ1) is 7.26. The molecule has 4 aliphatic carbocycles. The number of hydrogen-bond acceptors (Lipinski definition) is 2. The molecule has 0 aromatic rings. The van der Waals surface area contributed by atoms with Crippen molar-refractivity contribution in [2.24, 2.45) is 29.5 Å². The summed E-state index contributed by atoms with van der Waals surface area (Å²) in [6.07, 6.45) is 7.16. The van der Waals surface area contributed by atoms with E-state index in [4.69, 9.17) is 18.1 Å². The Hall–Kier alpha value is -0.350. The van der Waals surface area contributed by atoms with Crippen LogP contribution in [0.3, 0.4) is 0 Å². The average molecular weight is 225 g/mol. The maximum atomic E-state index is 5.32. The van der Waals surface area contributed by atoms with Gasteiger partial charge < -0.3 is 10.7 Å². The summed E-state index contributed by atoms with van der Waals surface area (Å²) in [5.74, 6) is 9.07. The molecule has 84 valence electrons. The van der Waals surface area contributed by atoms with E-state index >= 15 is 0 Å². The number of nitrogens with two attached hydrogens (primary N) is 1. The maximum absolute atomic E-state index is 5.32. The highest BCUT2D eigenvalue weighted by atomic mass is 32.1. The highest BCUT2D eigenvalue weighted by Crippen LogP contribution is 2.53. The molecule has 4 aliphatic rings. The van der Waals surface area contributed by atoms with Crippen LogP contribution in [0.4, 0.5) is 0 Å². The second kappa shape index (κ2) is 3.59. The first-order valence-corrected chi connectivity index (χ1v) is 6.44. The Morgan fingerprint density at radius 1 is 1.00 bits per heavy atom. The van der Waals surface area contributed by atoms with Crippen molar-refractivity contribution < 1.29 is 0 Å². The Balaban J connectivity index is 1.72. The van der Waals surface area contributed by atoms with Crippen LogP contribution in [-0.2, 0) is 0 Å². The summed E-state index contributed by atoms with van der Waals surface area (Å²) >= 11 is 5.11. The molecule has 0 aliphatic heterocycles. The van der Waals surface area contributed by atoms with E-state index in [9.17, 15) is 0 Å². The molecule has 4 saturated carbocycles. The third-order valence-corrected chi connectivity index (χ3v) is 4.89. The number of nitrogens with one attached hydrogen (secondary N) is 2. The molecular weight excluding hydrogens is 206 g/mol. The van der Waals surface area contributed by atoms with Crippen molar-refractivity contribution in [3.63, 3.8) is 0 Å². The minimum absolute atomic E-state index is 0.598. The third kappa shape index (κ3) is 1.64. The Labute approximate surface area is 96.1 Å². The zero-order valence-corrected chi connectivity index (χ0v) is 9.72. The highest BCUT2D eigenvalue weighted by molar-refractivity contribution is 7.80. The van der Waals surface area contributed by atoms with Gasteiger partial charge in [-0.05, 0) is 68.0 Å². The lowest BCUT2D eigenvalue weighted by Gasteiger charge is -2.54. The molecule has 0 aromatic heterocycles. The molecule has 0 heterocycles. The second-order valence-electron chi connectivity index (χ2n) is 5.57. The normalized spacial score (nSPS) is 46.6. The summed E-state index contributed by atoms with van der Waals surface area (Å²) in [5.41, 5.74) is 2.54. The molecular formula is C11H19N3S. The van der Waals surface area contributed by atoms with Crippen LogP contribution in [0.5, 0.6) is 0 Å². The van der Waals surface area contributed by atoms with Crippen LogP contribution in [0.2, 0.25) is 0 Å². The molecule has 4 rings (SSSR count). The molecule has 15 heavy (non-hydrogen) atoms. The molecule has 4 N–H and O–H groups in total. The van der Waals surface area contributed by atoms with Gasteiger partial charge in [-0.25, -0.2) is 5.84 Å². The molecule has 0 amide bonds. The van der Waals surface area contributed by atoms with Crippen molar-refractivity contribution in [2.75, 3.05) is 0 Å². The van der Waals surface area contributed by atoms with Gasteiger partial charge in [0.1, 0.15) is 0 Å². The van der Waals surface area contributed by atoms with Crippen molar-refractivity contribution in [3.8, 4) is 0 Å². The first kappa shape index (κ1) is 9.85. The van der Waals surface area contributed by atoms with Crippen molar-refractivity contribution >= 4 is 17.3 Å². The second-order valence-corrected chi connectivity index (χ2v) is 5.98. The smallest absolute Gasteiger partial charge is 0.180 e. The molecule has 0 radical (unpaired) electrons. The van der Waals surface area contributed by atoms with E-state index in [2.05, 4.69) is 10.7 Å². The molecule has 4 bridgehead atoms. The van der Waals surface area contributed by atoms with E-state index in [0.29, 0.717) is 11.2 Å². The van der Waals surface area contributed by atoms with Gasteiger partial charge in [0.15, 0.2) is 5.11 Å². The van der Waals surface area contributed by atoms with Gasteiger partial charge in [0, 0.05) is 6.04 Å². The van der Waals surface area contributed by atoms with Gasteiger partial charge >= 0.3 is 0 Å². The minimum Gasteiger partial charge on any atom is -0.358 e. The highest BCUT2D eigenvalue weighted by Gasteiger charge is 2.48. The number of hydrogen-bond donors (Lipinski definition) is 3. The summed E-state index contributed by atoms with van der Waals surface area (Å²) in [6, 6.07) is 0.598. The predicted octanol–water partition coefficient (Wildman–Crippen LogP) is 1.15. The Bertz CT molecular complexity index is 251. The molecule has 0 aromatic carbocycles. The number of hydrazine groups is 1. The van der Waals surface area contributed by atoms with Crippen LogP contribution in [0.1, 0.15) is 32.1 Å². The van der Waals surface area contributed by atoms with Crippen LogP contribution in [0.15, 0.2) is 0 Å². The van der Waals surface area contributed by atoms with Gasteiger partial charge in [-0.2, -0.15) is 0 Å². The summed E-state index contributed by atoms with van der Waals surface area (Å²) in [5, 5.41) is 4.03. The van der Waals surface area contributed by atoms with Crippen LogP contribution >= 0.6 is 12.2 Å². The lowest BCUT2D eigenvalue weighted by molar-refractivity contribution is -0.00693. The fourth-order valence-corrected chi connectivity index (χ4v) is 4.49. The average Bonchev–Trinajstić information content (AvgIpc) is 2.22. The van der Waals surface area contributed by atoms with Gasteiger partial charge in [0.25, 0.3) is 0 Å². The van der Waals surface area contributed by atoms with Gasteiger partial charge in [0.2, 0.25) is 0 Å². The standard InChI is InChI=1S/C11H19N3S/c12-14-11(15)13-10-8-2-6-1-7(4-8)5-9(10)3-6/h6-10H,1-5,12H2,(H2,13,14,15). The van der Waals surface area contributed by atoms with Crippen LogP contribution < -0.4 is 16.6 Å². The maximum Gasteiger partial charge on any atom is 0.180 e. The van der Waals surface area contributed by atoms with Gasteiger partial charge in [-0.3, -0.25) is 0 Å². The summed E-state index contributed by atoms with van der Waals surface area (Å²) in [6.45, 7) is 0. The monoisotopic (exact) mass is 225 g/mol. The first-order valence-electron chi connectivity index (χ1n) is 6.03. The van der Waals surface area contributed by atoms with Crippen LogP contribution in [0, 0.1) is 23.7 Å². The molecule has 4 fully saturated rings. The van der Waals surface area contributed by atoms with Gasteiger partial charge in [-0.15, -0.1) is 0 Å². The Morgan fingerprint density at radius 3 is 2.00 bits per heavy atom. The van der Waals surface area contributed by atoms with E-state index in [0.717, 1.165) is 23.7 Å². The van der Waals surface area contributed by atoms with Crippen LogP contribution in [0.25, 0.3) is 0 Å². The predicted molar refractivity (Wildman–Crippen MR) is 63.9 cm³/mol. The van der Waals surface area contributed by atoms with Crippen LogP contribution in [-0.4, -0.2) is 11.2 Å². The molecule has 0 unspecified atom stereocenters. The van der Waals surface area contributed by atoms with Crippen molar-refractivity contribution in [2.45, 2.75) is 38.1 Å². The lowest BCUT2D eigenvalue weighted by Crippen LogP contribution is -2.58. The van der Waals surface area contributed by atoms with Gasteiger partial charge in [0.05, 0.1) is 0 Å². The third-order valence-electron chi connectivity index (χ3n) is 4.66. The largest absolute Gasteiger partial charge is 0.358 e. The topological polar surface area (TPSA) is 50.1 Å².